The molecule has 0 amide bonds. The molecular weight excluding hydrogens is 261 g/mol. The Balaban J connectivity index is 1.92. The van der Waals surface area contributed by atoms with Gasteiger partial charge < -0.3 is 5.73 Å². The lowest BCUT2D eigenvalue weighted by Crippen LogP contribution is -2.35. The second-order valence-electron chi connectivity index (χ2n) is 5.79. The molecule has 0 aromatic heterocycles. The summed E-state index contributed by atoms with van der Waals surface area (Å²) < 4.78 is 13.0. The summed E-state index contributed by atoms with van der Waals surface area (Å²) in [5.41, 5.74) is 7.29. The highest BCUT2D eigenvalue weighted by atomic mass is 35.5. The molecule has 1 unspecified atom stereocenters. The van der Waals surface area contributed by atoms with Crippen LogP contribution in [0.5, 0.6) is 0 Å². The highest BCUT2D eigenvalue weighted by Crippen LogP contribution is 2.33. The quantitative estimate of drug-likeness (QED) is 0.861. The number of halogens is 2. The molecule has 0 aliphatic heterocycles. The van der Waals surface area contributed by atoms with Crippen LogP contribution < -0.4 is 5.73 Å². The molecule has 106 valence electrons. The number of rotatable bonds is 4. The fraction of sp³-hybridized carbons (Fsp3) is 0.625. The van der Waals surface area contributed by atoms with Crippen LogP contribution in [0, 0.1) is 17.7 Å². The van der Waals surface area contributed by atoms with Crippen LogP contribution in [-0.2, 0) is 6.42 Å². The third-order valence-electron chi connectivity index (χ3n) is 4.54. The maximum atomic E-state index is 13.0. The minimum Gasteiger partial charge on any atom is -0.327 e. The predicted octanol–water partition coefficient (Wildman–Crippen LogP) is 4.57. The summed E-state index contributed by atoms with van der Waals surface area (Å²) in [7, 11) is 0. The second-order valence-corrected chi connectivity index (χ2v) is 6.20. The summed E-state index contributed by atoms with van der Waals surface area (Å²) in [6.45, 7) is 2.27. The maximum Gasteiger partial charge on any atom is 0.124 e. The van der Waals surface area contributed by atoms with E-state index in [-0.39, 0.29) is 11.9 Å². The molecule has 0 radical (unpaired) electrons. The van der Waals surface area contributed by atoms with E-state index in [4.69, 9.17) is 17.3 Å². The van der Waals surface area contributed by atoms with Crippen LogP contribution in [0.3, 0.4) is 0 Å². The Morgan fingerprint density at radius 3 is 2.58 bits per heavy atom. The second kappa shape index (κ2) is 6.71. The van der Waals surface area contributed by atoms with E-state index >= 15 is 0 Å². The number of benzene rings is 1. The summed E-state index contributed by atoms with van der Waals surface area (Å²) in [5, 5.41) is 0.498. The summed E-state index contributed by atoms with van der Waals surface area (Å²) in [4.78, 5) is 0. The van der Waals surface area contributed by atoms with Gasteiger partial charge in [-0.2, -0.15) is 0 Å². The third kappa shape index (κ3) is 3.93. The van der Waals surface area contributed by atoms with E-state index < -0.39 is 0 Å². The van der Waals surface area contributed by atoms with Crippen molar-refractivity contribution in [1.29, 1.82) is 0 Å². The fourth-order valence-corrected chi connectivity index (χ4v) is 3.38. The van der Waals surface area contributed by atoms with Crippen LogP contribution in [0.4, 0.5) is 4.39 Å². The van der Waals surface area contributed by atoms with Crippen LogP contribution >= 0.6 is 11.6 Å². The van der Waals surface area contributed by atoms with Gasteiger partial charge in [-0.05, 0) is 48.8 Å². The van der Waals surface area contributed by atoms with Gasteiger partial charge >= 0.3 is 0 Å². The standard InChI is InChI=1S/C16H23ClFN/c1-2-11-3-5-12(6-4-11)16(19)9-13-7-8-14(18)10-15(13)17/h7-8,10-12,16H,2-6,9,19H2,1H3. The molecule has 19 heavy (non-hydrogen) atoms. The molecular formula is C16H23ClFN. The first-order chi connectivity index (χ1) is 9.10. The molecule has 1 aromatic carbocycles. The molecule has 3 heteroatoms. The zero-order valence-electron chi connectivity index (χ0n) is 11.5. The van der Waals surface area contributed by atoms with Gasteiger partial charge in [0.2, 0.25) is 0 Å². The Labute approximate surface area is 120 Å². The van der Waals surface area contributed by atoms with Crippen molar-refractivity contribution in [3.05, 3.63) is 34.6 Å². The average molecular weight is 284 g/mol. The smallest absolute Gasteiger partial charge is 0.124 e. The van der Waals surface area contributed by atoms with Crippen LogP contribution in [0.15, 0.2) is 18.2 Å². The summed E-state index contributed by atoms with van der Waals surface area (Å²) in [5.74, 6) is 1.19. The van der Waals surface area contributed by atoms with Crippen LogP contribution in [0.1, 0.15) is 44.6 Å². The molecule has 1 nitrogen and oxygen atoms in total. The Morgan fingerprint density at radius 1 is 1.32 bits per heavy atom. The predicted molar refractivity (Wildman–Crippen MR) is 78.8 cm³/mol. The summed E-state index contributed by atoms with van der Waals surface area (Å²) in [6.07, 6.45) is 7.07. The minimum absolute atomic E-state index is 0.140. The number of hydrogen-bond acceptors (Lipinski definition) is 1. The lowest BCUT2D eigenvalue weighted by Gasteiger charge is -2.32. The van der Waals surface area contributed by atoms with Gasteiger partial charge in [0.1, 0.15) is 5.82 Å². The van der Waals surface area contributed by atoms with E-state index in [1.807, 2.05) is 0 Å². The molecule has 2 rings (SSSR count). The minimum atomic E-state index is -0.286. The van der Waals surface area contributed by atoms with Gasteiger partial charge in [0, 0.05) is 11.1 Å². The van der Waals surface area contributed by atoms with E-state index in [2.05, 4.69) is 6.92 Å². The fourth-order valence-electron chi connectivity index (χ4n) is 3.13. The lowest BCUT2D eigenvalue weighted by atomic mass is 9.76. The van der Waals surface area contributed by atoms with E-state index in [0.29, 0.717) is 10.9 Å². The van der Waals surface area contributed by atoms with E-state index in [1.54, 1.807) is 6.07 Å². The SMILES string of the molecule is CCC1CCC(C(N)Cc2ccc(F)cc2Cl)CC1. The lowest BCUT2D eigenvalue weighted by molar-refractivity contribution is 0.238. The van der Waals surface area contributed by atoms with Gasteiger partial charge in [0.25, 0.3) is 0 Å². The monoisotopic (exact) mass is 283 g/mol. The van der Waals surface area contributed by atoms with Gasteiger partial charge in [-0.1, -0.05) is 43.9 Å². The van der Waals surface area contributed by atoms with Crippen molar-refractivity contribution in [2.75, 3.05) is 0 Å². The van der Waals surface area contributed by atoms with Gasteiger partial charge in [-0.3, -0.25) is 0 Å². The number of hydrogen-bond donors (Lipinski definition) is 1. The highest BCUT2D eigenvalue weighted by Gasteiger charge is 2.25. The first-order valence-corrected chi connectivity index (χ1v) is 7.67. The van der Waals surface area contributed by atoms with E-state index in [9.17, 15) is 4.39 Å². The van der Waals surface area contributed by atoms with Gasteiger partial charge in [-0.25, -0.2) is 4.39 Å². The Hall–Kier alpha value is -0.600. The highest BCUT2D eigenvalue weighted by molar-refractivity contribution is 6.31. The van der Waals surface area contributed by atoms with Crippen LogP contribution in [0.25, 0.3) is 0 Å². The van der Waals surface area contributed by atoms with Crippen molar-refractivity contribution in [1.82, 2.24) is 0 Å². The van der Waals surface area contributed by atoms with E-state index in [1.165, 1.54) is 44.2 Å². The first kappa shape index (κ1) is 14.8. The molecule has 0 heterocycles. The Bertz CT molecular complexity index is 413. The maximum absolute atomic E-state index is 13.0. The molecule has 1 atom stereocenters. The van der Waals surface area contributed by atoms with Crippen molar-refractivity contribution in [2.45, 2.75) is 51.5 Å². The molecule has 0 bridgehead atoms. The molecule has 0 saturated heterocycles. The summed E-state index contributed by atoms with van der Waals surface area (Å²) in [6, 6.07) is 4.73. The molecule has 2 N–H and O–H groups in total. The van der Waals surface area contributed by atoms with E-state index in [0.717, 1.165) is 17.9 Å². The van der Waals surface area contributed by atoms with Gasteiger partial charge in [-0.15, -0.1) is 0 Å². The Kier molecular flexibility index (Phi) is 5.23. The summed E-state index contributed by atoms with van der Waals surface area (Å²) >= 11 is 6.06. The normalized spacial score (nSPS) is 25.3. The largest absolute Gasteiger partial charge is 0.327 e. The first-order valence-electron chi connectivity index (χ1n) is 7.29. The molecule has 1 aliphatic carbocycles. The van der Waals surface area contributed by atoms with Crippen molar-refractivity contribution < 1.29 is 4.39 Å². The van der Waals surface area contributed by atoms with Crippen molar-refractivity contribution in [3.8, 4) is 0 Å². The van der Waals surface area contributed by atoms with Gasteiger partial charge in [0.15, 0.2) is 0 Å². The van der Waals surface area contributed by atoms with Crippen molar-refractivity contribution in [2.24, 2.45) is 17.6 Å². The van der Waals surface area contributed by atoms with Crippen LogP contribution in [0.2, 0.25) is 5.02 Å². The third-order valence-corrected chi connectivity index (χ3v) is 4.90. The molecule has 1 aliphatic rings. The Morgan fingerprint density at radius 2 is 2.00 bits per heavy atom. The van der Waals surface area contributed by atoms with Crippen molar-refractivity contribution in [3.63, 3.8) is 0 Å². The molecule has 1 fully saturated rings. The molecule has 1 aromatic rings. The topological polar surface area (TPSA) is 26.0 Å². The van der Waals surface area contributed by atoms with Crippen LogP contribution in [-0.4, -0.2) is 6.04 Å². The zero-order valence-corrected chi connectivity index (χ0v) is 12.3. The number of nitrogens with two attached hydrogens (primary N) is 1. The average Bonchev–Trinajstić information content (AvgIpc) is 2.42. The van der Waals surface area contributed by atoms with Gasteiger partial charge in [0.05, 0.1) is 0 Å². The molecule has 0 spiro atoms. The van der Waals surface area contributed by atoms with Crippen molar-refractivity contribution >= 4 is 11.6 Å². The molecule has 1 saturated carbocycles. The zero-order chi connectivity index (χ0) is 13.8.